The fourth-order valence-corrected chi connectivity index (χ4v) is 1.23. The molecule has 5 nitrogen and oxygen atoms in total. The number of aromatic nitrogens is 4. The van der Waals surface area contributed by atoms with Crippen LogP contribution in [0.5, 0.6) is 0 Å². The third kappa shape index (κ3) is 1.77. The summed E-state index contributed by atoms with van der Waals surface area (Å²) in [6.45, 7) is 1.12. The molecule has 14 heavy (non-hydrogen) atoms. The molecule has 2 aromatic heterocycles. The summed E-state index contributed by atoms with van der Waals surface area (Å²) in [5.41, 5.74) is 7.55. The van der Waals surface area contributed by atoms with Crippen molar-refractivity contribution in [1.82, 2.24) is 20.0 Å². The summed E-state index contributed by atoms with van der Waals surface area (Å²) < 4.78 is 1.77. The molecule has 0 aliphatic rings. The minimum absolute atomic E-state index is 0.452. The highest BCUT2D eigenvalue weighted by Gasteiger charge is 2.01. The molecular formula is C9H11N5. The van der Waals surface area contributed by atoms with Gasteiger partial charge in [-0.15, -0.1) is 5.10 Å². The number of rotatable bonds is 3. The summed E-state index contributed by atoms with van der Waals surface area (Å²) >= 11 is 0. The first-order chi connectivity index (χ1) is 6.90. The van der Waals surface area contributed by atoms with E-state index in [2.05, 4.69) is 15.3 Å². The fraction of sp³-hybridized carbons (Fsp3) is 0.222. The summed E-state index contributed by atoms with van der Waals surface area (Å²) in [4.78, 5) is 4.03. The van der Waals surface area contributed by atoms with E-state index in [9.17, 15) is 0 Å². The van der Waals surface area contributed by atoms with Gasteiger partial charge in [-0.1, -0.05) is 11.3 Å². The van der Waals surface area contributed by atoms with Gasteiger partial charge in [-0.05, 0) is 11.6 Å². The van der Waals surface area contributed by atoms with Crippen molar-refractivity contribution in [2.75, 3.05) is 0 Å². The molecular weight excluding hydrogens is 178 g/mol. The van der Waals surface area contributed by atoms with Gasteiger partial charge < -0.3 is 5.73 Å². The van der Waals surface area contributed by atoms with E-state index in [4.69, 9.17) is 5.73 Å². The van der Waals surface area contributed by atoms with Crippen LogP contribution in [-0.4, -0.2) is 20.0 Å². The second-order valence-electron chi connectivity index (χ2n) is 2.95. The van der Waals surface area contributed by atoms with Crippen LogP contribution in [-0.2, 0) is 13.1 Å². The first kappa shape index (κ1) is 8.83. The second kappa shape index (κ2) is 3.97. The minimum atomic E-state index is 0.452. The van der Waals surface area contributed by atoms with Crippen molar-refractivity contribution in [1.29, 1.82) is 0 Å². The van der Waals surface area contributed by atoms with E-state index in [-0.39, 0.29) is 0 Å². The van der Waals surface area contributed by atoms with Gasteiger partial charge >= 0.3 is 0 Å². The Morgan fingerprint density at radius 1 is 1.36 bits per heavy atom. The number of nitrogens with two attached hydrogens (primary N) is 1. The Hall–Kier alpha value is -1.75. The van der Waals surface area contributed by atoms with Crippen molar-refractivity contribution in [2.45, 2.75) is 13.1 Å². The molecule has 0 fully saturated rings. The van der Waals surface area contributed by atoms with Crippen molar-refractivity contribution < 1.29 is 0 Å². The SMILES string of the molecule is NCc1cnnn1Cc1cccnc1. The average Bonchev–Trinajstić information content (AvgIpc) is 2.67. The predicted molar refractivity (Wildman–Crippen MR) is 51.3 cm³/mol. The van der Waals surface area contributed by atoms with E-state index in [1.807, 2.05) is 18.3 Å². The lowest BCUT2D eigenvalue weighted by molar-refractivity contribution is 0.618. The van der Waals surface area contributed by atoms with Crippen LogP contribution in [0.2, 0.25) is 0 Å². The van der Waals surface area contributed by atoms with Crippen molar-refractivity contribution in [3.63, 3.8) is 0 Å². The molecule has 0 aliphatic heterocycles. The van der Waals surface area contributed by atoms with Crippen molar-refractivity contribution in [3.05, 3.63) is 42.0 Å². The largest absolute Gasteiger partial charge is 0.325 e. The van der Waals surface area contributed by atoms with E-state index in [0.717, 1.165) is 11.3 Å². The van der Waals surface area contributed by atoms with Gasteiger partial charge in [0.15, 0.2) is 0 Å². The van der Waals surface area contributed by atoms with Gasteiger partial charge in [0.2, 0.25) is 0 Å². The van der Waals surface area contributed by atoms with Crippen LogP contribution in [0, 0.1) is 0 Å². The summed E-state index contributed by atoms with van der Waals surface area (Å²) in [5, 5.41) is 7.74. The molecule has 2 aromatic rings. The molecule has 0 saturated heterocycles. The monoisotopic (exact) mass is 189 g/mol. The van der Waals surface area contributed by atoms with Gasteiger partial charge in [-0.25, -0.2) is 4.68 Å². The van der Waals surface area contributed by atoms with Crippen LogP contribution in [0.1, 0.15) is 11.3 Å². The normalized spacial score (nSPS) is 10.4. The standard InChI is InChI=1S/C9H11N5/c10-4-9-6-12-13-14(9)7-8-2-1-3-11-5-8/h1-3,5-6H,4,7,10H2. The van der Waals surface area contributed by atoms with Crippen LogP contribution in [0.25, 0.3) is 0 Å². The van der Waals surface area contributed by atoms with E-state index >= 15 is 0 Å². The zero-order chi connectivity index (χ0) is 9.80. The highest BCUT2D eigenvalue weighted by atomic mass is 15.4. The van der Waals surface area contributed by atoms with Gasteiger partial charge in [-0.2, -0.15) is 0 Å². The molecule has 0 spiro atoms. The molecule has 2 heterocycles. The van der Waals surface area contributed by atoms with Crippen LogP contribution in [0.4, 0.5) is 0 Å². The predicted octanol–water partition coefficient (Wildman–Crippen LogP) is 0.180. The highest BCUT2D eigenvalue weighted by Crippen LogP contribution is 2.01. The van der Waals surface area contributed by atoms with Gasteiger partial charge in [0.25, 0.3) is 0 Å². The zero-order valence-electron chi connectivity index (χ0n) is 7.67. The van der Waals surface area contributed by atoms with E-state index in [1.54, 1.807) is 17.1 Å². The summed E-state index contributed by atoms with van der Waals surface area (Å²) in [5.74, 6) is 0. The quantitative estimate of drug-likeness (QED) is 0.747. The van der Waals surface area contributed by atoms with E-state index in [1.165, 1.54) is 0 Å². The Morgan fingerprint density at radius 3 is 3.00 bits per heavy atom. The first-order valence-electron chi connectivity index (χ1n) is 4.36. The molecule has 0 unspecified atom stereocenters. The molecule has 0 radical (unpaired) electrons. The smallest absolute Gasteiger partial charge is 0.0738 e. The van der Waals surface area contributed by atoms with Crippen LogP contribution in [0.3, 0.4) is 0 Å². The maximum absolute atomic E-state index is 5.53. The Labute approximate surface area is 81.6 Å². The summed E-state index contributed by atoms with van der Waals surface area (Å²) in [7, 11) is 0. The second-order valence-corrected chi connectivity index (χ2v) is 2.95. The lowest BCUT2D eigenvalue weighted by Crippen LogP contribution is -2.09. The average molecular weight is 189 g/mol. The number of hydrogen-bond donors (Lipinski definition) is 1. The van der Waals surface area contributed by atoms with Crippen molar-refractivity contribution >= 4 is 0 Å². The Kier molecular flexibility index (Phi) is 2.51. The molecule has 0 aliphatic carbocycles. The Morgan fingerprint density at radius 2 is 2.29 bits per heavy atom. The van der Waals surface area contributed by atoms with Crippen LogP contribution < -0.4 is 5.73 Å². The molecule has 2 rings (SSSR count). The zero-order valence-corrected chi connectivity index (χ0v) is 7.67. The third-order valence-electron chi connectivity index (χ3n) is 1.96. The third-order valence-corrected chi connectivity index (χ3v) is 1.96. The van der Waals surface area contributed by atoms with E-state index in [0.29, 0.717) is 13.1 Å². The summed E-state index contributed by atoms with van der Waals surface area (Å²) in [6.07, 6.45) is 5.23. The molecule has 0 saturated carbocycles. The lowest BCUT2D eigenvalue weighted by Gasteiger charge is -2.03. The lowest BCUT2D eigenvalue weighted by atomic mass is 10.3. The van der Waals surface area contributed by atoms with Gasteiger partial charge in [-0.3, -0.25) is 4.98 Å². The molecule has 0 amide bonds. The molecule has 0 aromatic carbocycles. The summed E-state index contributed by atoms with van der Waals surface area (Å²) in [6, 6.07) is 3.89. The van der Waals surface area contributed by atoms with Crippen LogP contribution in [0.15, 0.2) is 30.7 Å². The Balaban J connectivity index is 2.19. The number of hydrogen-bond acceptors (Lipinski definition) is 4. The molecule has 0 bridgehead atoms. The van der Waals surface area contributed by atoms with Gasteiger partial charge in [0.1, 0.15) is 0 Å². The van der Waals surface area contributed by atoms with Gasteiger partial charge in [0.05, 0.1) is 18.4 Å². The molecule has 2 N–H and O–H groups in total. The van der Waals surface area contributed by atoms with Crippen molar-refractivity contribution in [2.24, 2.45) is 5.73 Å². The highest BCUT2D eigenvalue weighted by molar-refractivity contribution is 5.09. The molecule has 5 heteroatoms. The Bertz CT molecular complexity index is 395. The fourth-order valence-electron chi connectivity index (χ4n) is 1.23. The first-order valence-corrected chi connectivity index (χ1v) is 4.36. The number of nitrogens with zero attached hydrogens (tertiary/aromatic N) is 4. The van der Waals surface area contributed by atoms with Crippen molar-refractivity contribution in [3.8, 4) is 0 Å². The maximum Gasteiger partial charge on any atom is 0.0738 e. The maximum atomic E-state index is 5.53. The number of pyridine rings is 1. The van der Waals surface area contributed by atoms with Crippen LogP contribution >= 0.6 is 0 Å². The topological polar surface area (TPSA) is 69.6 Å². The van der Waals surface area contributed by atoms with E-state index < -0.39 is 0 Å². The molecule has 0 atom stereocenters. The van der Waals surface area contributed by atoms with Gasteiger partial charge in [0, 0.05) is 18.9 Å². The minimum Gasteiger partial charge on any atom is -0.325 e. The molecule has 72 valence electrons.